The molecule has 1 aromatic carbocycles. The Hall–Kier alpha value is -1.70. The molecular weight excluding hydrogens is 422 g/mol. The van der Waals surface area contributed by atoms with Crippen molar-refractivity contribution < 1.29 is 13.2 Å². The van der Waals surface area contributed by atoms with Gasteiger partial charge in [0.1, 0.15) is 10.6 Å². The Kier molecular flexibility index (Phi) is 7.23. The molecule has 6 nitrogen and oxygen atoms in total. The van der Waals surface area contributed by atoms with E-state index in [0.29, 0.717) is 42.5 Å². The minimum Gasteiger partial charge on any atom is -0.358 e. The summed E-state index contributed by atoms with van der Waals surface area (Å²) in [7, 11) is -3.82. The fourth-order valence-electron chi connectivity index (χ4n) is 4.34. The van der Waals surface area contributed by atoms with Gasteiger partial charge < -0.3 is 4.74 Å². The summed E-state index contributed by atoms with van der Waals surface area (Å²) >= 11 is 0. The van der Waals surface area contributed by atoms with Crippen LogP contribution in [0.3, 0.4) is 0 Å². The van der Waals surface area contributed by atoms with Crippen molar-refractivity contribution in [2.24, 2.45) is 5.92 Å². The molecule has 1 aliphatic rings. The average molecular weight is 462 g/mol. The number of aromatic nitrogens is 2. The Balaban J connectivity index is 2.06. The van der Waals surface area contributed by atoms with Crippen molar-refractivity contribution in [2.75, 3.05) is 6.61 Å². The molecule has 1 aromatic heterocycles. The second-order valence-corrected chi connectivity index (χ2v) is 12.3. The lowest BCUT2D eigenvalue weighted by atomic mass is 9.92. The summed E-state index contributed by atoms with van der Waals surface area (Å²) in [5.41, 5.74) is 0.417. The Morgan fingerprint density at radius 1 is 1.22 bits per heavy atom. The third-order valence-electron chi connectivity index (χ3n) is 6.20. The molecule has 2 atom stereocenters. The Bertz CT molecular complexity index is 1010. The van der Waals surface area contributed by atoms with E-state index in [-0.39, 0.29) is 6.04 Å². The van der Waals surface area contributed by atoms with Crippen LogP contribution in [0.2, 0.25) is 0 Å². The molecule has 0 spiro atoms. The van der Waals surface area contributed by atoms with Gasteiger partial charge in [0.2, 0.25) is 10.0 Å². The van der Waals surface area contributed by atoms with Crippen LogP contribution in [0.4, 0.5) is 0 Å². The molecule has 2 unspecified atom stereocenters. The van der Waals surface area contributed by atoms with E-state index in [0.717, 1.165) is 12.0 Å². The summed E-state index contributed by atoms with van der Waals surface area (Å²) in [6.45, 7) is 15.2. The second kappa shape index (κ2) is 9.27. The predicted octanol–water partition coefficient (Wildman–Crippen LogP) is 5.18. The predicted molar refractivity (Wildman–Crippen MR) is 128 cm³/mol. The van der Waals surface area contributed by atoms with Gasteiger partial charge in [0.15, 0.2) is 0 Å². The molecule has 3 rings (SSSR count). The molecule has 32 heavy (non-hydrogen) atoms. The lowest BCUT2D eigenvalue weighted by Gasteiger charge is -2.36. The van der Waals surface area contributed by atoms with Crippen molar-refractivity contribution in [1.82, 2.24) is 14.1 Å². The minimum absolute atomic E-state index is 0.178. The van der Waals surface area contributed by atoms with Crippen LogP contribution in [0, 0.1) is 5.92 Å². The highest BCUT2D eigenvalue weighted by Gasteiger charge is 2.51. The molecule has 178 valence electrons. The summed E-state index contributed by atoms with van der Waals surface area (Å²) < 4.78 is 37.9. The molecule has 0 N–H and O–H groups in total. The number of ether oxygens (including phenoxy) is 1. The molecule has 0 amide bonds. The fraction of sp³-hybridized carbons (Fsp3) is 0.640. The van der Waals surface area contributed by atoms with Crippen molar-refractivity contribution in [2.45, 2.75) is 96.4 Å². The SMILES string of the molecule is CCC1COC(C)(CCC(C)C)N1S(=O)(=O)c1cn(Cc2ccccc2)nc1C(C)(C)C. The van der Waals surface area contributed by atoms with E-state index in [4.69, 9.17) is 9.84 Å². The lowest BCUT2D eigenvalue weighted by molar-refractivity contribution is -0.0434. The summed E-state index contributed by atoms with van der Waals surface area (Å²) in [5.74, 6) is 0.472. The van der Waals surface area contributed by atoms with Gasteiger partial charge in [0.25, 0.3) is 0 Å². The second-order valence-electron chi connectivity index (χ2n) is 10.6. The van der Waals surface area contributed by atoms with E-state index in [2.05, 4.69) is 13.8 Å². The standard InChI is InChI=1S/C25H39N3O3S/c1-8-21-18-31-25(7,15-14-19(2)3)28(21)32(29,30)22-17-27(26-23(22)24(4,5)6)16-20-12-10-9-11-13-20/h9-13,17,19,21H,8,14-16,18H2,1-7H3. The highest BCUT2D eigenvalue weighted by molar-refractivity contribution is 7.89. The van der Waals surface area contributed by atoms with Crippen LogP contribution in [0.5, 0.6) is 0 Å². The van der Waals surface area contributed by atoms with Gasteiger partial charge in [0.05, 0.1) is 24.9 Å². The normalized spacial score (nSPS) is 22.7. The molecular formula is C25H39N3O3S. The zero-order valence-corrected chi connectivity index (χ0v) is 21.4. The zero-order chi connectivity index (χ0) is 23.7. The van der Waals surface area contributed by atoms with Crippen LogP contribution in [0.15, 0.2) is 41.4 Å². The number of rotatable bonds is 8. The van der Waals surface area contributed by atoms with E-state index in [1.807, 2.05) is 65.0 Å². The summed E-state index contributed by atoms with van der Waals surface area (Å²) in [6, 6.07) is 9.80. The highest BCUT2D eigenvalue weighted by Crippen LogP contribution is 2.41. The van der Waals surface area contributed by atoms with Gasteiger partial charge in [-0.2, -0.15) is 9.40 Å². The van der Waals surface area contributed by atoms with Crippen LogP contribution in [0.1, 0.15) is 79.0 Å². The molecule has 2 heterocycles. The first-order valence-electron chi connectivity index (χ1n) is 11.7. The third-order valence-corrected chi connectivity index (χ3v) is 8.26. The van der Waals surface area contributed by atoms with Crippen LogP contribution in [-0.4, -0.2) is 40.9 Å². The topological polar surface area (TPSA) is 64.4 Å². The third kappa shape index (κ3) is 5.10. The molecule has 0 saturated carbocycles. The molecule has 2 aromatic rings. The summed E-state index contributed by atoms with van der Waals surface area (Å²) in [4.78, 5) is 0.292. The van der Waals surface area contributed by atoms with Gasteiger partial charge in [-0.25, -0.2) is 8.42 Å². The Morgan fingerprint density at radius 2 is 1.88 bits per heavy atom. The number of sulfonamides is 1. The number of benzene rings is 1. The first-order valence-corrected chi connectivity index (χ1v) is 13.1. The average Bonchev–Trinajstić information content (AvgIpc) is 3.29. The Labute approximate surface area is 194 Å². The Morgan fingerprint density at radius 3 is 2.44 bits per heavy atom. The van der Waals surface area contributed by atoms with E-state index >= 15 is 0 Å². The minimum atomic E-state index is -3.82. The molecule has 1 saturated heterocycles. The van der Waals surface area contributed by atoms with E-state index in [1.165, 1.54) is 0 Å². The van der Waals surface area contributed by atoms with Crippen molar-refractivity contribution in [1.29, 1.82) is 0 Å². The van der Waals surface area contributed by atoms with Crippen LogP contribution < -0.4 is 0 Å². The lowest BCUT2D eigenvalue weighted by Crippen LogP contribution is -2.49. The van der Waals surface area contributed by atoms with Crippen molar-refractivity contribution >= 4 is 10.0 Å². The van der Waals surface area contributed by atoms with Gasteiger partial charge in [-0.15, -0.1) is 0 Å². The largest absolute Gasteiger partial charge is 0.358 e. The van der Waals surface area contributed by atoms with E-state index in [9.17, 15) is 8.42 Å². The summed E-state index contributed by atoms with van der Waals surface area (Å²) in [5, 5.41) is 4.76. The zero-order valence-electron chi connectivity index (χ0n) is 20.6. The van der Waals surface area contributed by atoms with Crippen LogP contribution >= 0.6 is 0 Å². The van der Waals surface area contributed by atoms with E-state index in [1.54, 1.807) is 15.2 Å². The maximum absolute atomic E-state index is 14.2. The fourth-order valence-corrected chi connectivity index (χ4v) is 6.65. The van der Waals surface area contributed by atoms with Gasteiger partial charge >= 0.3 is 0 Å². The molecule has 1 fully saturated rings. The molecule has 0 aliphatic carbocycles. The maximum atomic E-state index is 14.2. The maximum Gasteiger partial charge on any atom is 0.249 e. The number of nitrogens with zero attached hydrogens (tertiary/aromatic N) is 3. The smallest absolute Gasteiger partial charge is 0.249 e. The van der Waals surface area contributed by atoms with Crippen molar-refractivity contribution in [3.63, 3.8) is 0 Å². The molecule has 1 aliphatic heterocycles. The monoisotopic (exact) mass is 461 g/mol. The van der Waals surface area contributed by atoms with E-state index < -0.39 is 21.2 Å². The van der Waals surface area contributed by atoms with Crippen molar-refractivity contribution in [3.05, 3.63) is 47.8 Å². The first kappa shape index (κ1) is 24.9. The van der Waals surface area contributed by atoms with Crippen LogP contribution in [0.25, 0.3) is 0 Å². The van der Waals surface area contributed by atoms with Gasteiger partial charge in [0, 0.05) is 11.6 Å². The molecule has 7 heteroatoms. The number of hydrogen-bond donors (Lipinski definition) is 0. The number of hydrogen-bond acceptors (Lipinski definition) is 4. The quantitative estimate of drug-likeness (QED) is 0.543. The van der Waals surface area contributed by atoms with Gasteiger partial charge in [-0.05, 0) is 37.7 Å². The molecule has 0 radical (unpaired) electrons. The first-order chi connectivity index (χ1) is 14.9. The highest BCUT2D eigenvalue weighted by atomic mass is 32.2. The van der Waals surface area contributed by atoms with Gasteiger partial charge in [-0.3, -0.25) is 4.68 Å². The van der Waals surface area contributed by atoms with Crippen molar-refractivity contribution in [3.8, 4) is 0 Å². The summed E-state index contributed by atoms with van der Waals surface area (Å²) in [6.07, 6.45) is 3.98. The van der Waals surface area contributed by atoms with Crippen LogP contribution in [-0.2, 0) is 26.7 Å². The molecule has 0 bridgehead atoms. The van der Waals surface area contributed by atoms with Gasteiger partial charge in [-0.1, -0.05) is 71.9 Å².